The molecular formula is C21H22N2O4. The predicted molar refractivity (Wildman–Crippen MR) is 99.7 cm³/mol. The first kappa shape index (κ1) is 17.4. The van der Waals surface area contributed by atoms with Gasteiger partial charge >= 0.3 is 6.03 Å². The van der Waals surface area contributed by atoms with Gasteiger partial charge in [0.2, 0.25) is 6.79 Å². The lowest BCUT2D eigenvalue weighted by atomic mass is 9.91. The number of benzene rings is 2. The zero-order chi connectivity index (χ0) is 19.3. The molecule has 0 radical (unpaired) electrons. The summed E-state index contributed by atoms with van der Waals surface area (Å²) in [6.45, 7) is 8.18. The summed E-state index contributed by atoms with van der Waals surface area (Å²) < 4.78 is 10.7. The Bertz CT molecular complexity index is 946. The summed E-state index contributed by atoms with van der Waals surface area (Å²) in [7, 11) is 0. The largest absolute Gasteiger partial charge is 0.454 e. The van der Waals surface area contributed by atoms with E-state index in [9.17, 15) is 9.59 Å². The average molecular weight is 366 g/mol. The molecule has 3 amide bonds. The maximum atomic E-state index is 13.2. The van der Waals surface area contributed by atoms with Crippen LogP contribution in [0.15, 0.2) is 30.3 Å². The van der Waals surface area contributed by atoms with E-state index in [0.29, 0.717) is 17.1 Å². The molecule has 2 aromatic rings. The molecule has 2 aliphatic rings. The van der Waals surface area contributed by atoms with E-state index in [0.717, 1.165) is 22.3 Å². The Kier molecular flexibility index (Phi) is 3.87. The van der Waals surface area contributed by atoms with Gasteiger partial charge in [0.25, 0.3) is 5.91 Å². The van der Waals surface area contributed by atoms with Gasteiger partial charge < -0.3 is 14.8 Å². The molecular weight excluding hydrogens is 344 g/mol. The molecule has 6 heteroatoms. The van der Waals surface area contributed by atoms with E-state index in [4.69, 9.17) is 9.47 Å². The van der Waals surface area contributed by atoms with Crippen LogP contribution in [0.1, 0.15) is 34.7 Å². The van der Waals surface area contributed by atoms with E-state index >= 15 is 0 Å². The lowest BCUT2D eigenvalue weighted by molar-refractivity contribution is -0.131. The van der Waals surface area contributed by atoms with E-state index in [1.54, 1.807) is 25.1 Å². The van der Waals surface area contributed by atoms with Crippen molar-refractivity contribution in [2.75, 3.05) is 6.79 Å². The maximum Gasteiger partial charge on any atom is 0.325 e. The summed E-state index contributed by atoms with van der Waals surface area (Å²) in [5.74, 6) is 0.951. The Hall–Kier alpha value is -3.02. The van der Waals surface area contributed by atoms with Gasteiger partial charge in [-0.1, -0.05) is 23.8 Å². The van der Waals surface area contributed by atoms with Crippen LogP contribution in [0.5, 0.6) is 11.5 Å². The molecule has 1 N–H and O–H groups in total. The third-order valence-corrected chi connectivity index (χ3v) is 5.38. The van der Waals surface area contributed by atoms with Gasteiger partial charge in [-0.05, 0) is 62.1 Å². The topological polar surface area (TPSA) is 67.9 Å². The number of aryl methyl sites for hydroxylation is 3. The lowest BCUT2D eigenvalue weighted by Crippen LogP contribution is -2.40. The number of ether oxygens (including phenoxy) is 2. The van der Waals surface area contributed by atoms with Crippen LogP contribution >= 0.6 is 0 Å². The van der Waals surface area contributed by atoms with Crippen molar-refractivity contribution in [3.05, 3.63) is 58.1 Å². The van der Waals surface area contributed by atoms with Gasteiger partial charge in [-0.3, -0.25) is 9.69 Å². The average Bonchev–Trinajstić information content (AvgIpc) is 3.15. The first-order valence-electron chi connectivity index (χ1n) is 8.90. The summed E-state index contributed by atoms with van der Waals surface area (Å²) in [6.07, 6.45) is 0. The molecule has 140 valence electrons. The van der Waals surface area contributed by atoms with Crippen molar-refractivity contribution < 1.29 is 19.1 Å². The first-order chi connectivity index (χ1) is 12.8. The minimum atomic E-state index is -1.13. The number of hydrogen-bond donors (Lipinski definition) is 1. The number of amides is 3. The molecule has 1 saturated heterocycles. The molecule has 2 heterocycles. The molecule has 2 aliphatic heterocycles. The highest BCUT2D eigenvalue weighted by Gasteiger charge is 2.49. The van der Waals surface area contributed by atoms with Gasteiger partial charge in [0.1, 0.15) is 5.54 Å². The van der Waals surface area contributed by atoms with E-state index in [1.165, 1.54) is 4.90 Å². The van der Waals surface area contributed by atoms with E-state index < -0.39 is 5.54 Å². The van der Waals surface area contributed by atoms with Crippen LogP contribution in [0.25, 0.3) is 0 Å². The highest BCUT2D eigenvalue weighted by atomic mass is 16.7. The molecule has 1 fully saturated rings. The molecule has 0 spiro atoms. The second-order valence-corrected chi connectivity index (χ2v) is 7.39. The Balaban J connectivity index is 1.66. The number of nitrogens with one attached hydrogen (secondary N) is 1. The molecule has 2 aromatic carbocycles. The minimum Gasteiger partial charge on any atom is -0.454 e. The summed E-state index contributed by atoms with van der Waals surface area (Å²) in [5, 5.41) is 2.85. The normalized spacial score (nSPS) is 21.0. The molecule has 6 nitrogen and oxygen atoms in total. The van der Waals surface area contributed by atoms with Crippen LogP contribution in [-0.2, 0) is 16.9 Å². The van der Waals surface area contributed by atoms with Crippen molar-refractivity contribution in [3.63, 3.8) is 0 Å². The van der Waals surface area contributed by atoms with Crippen LogP contribution < -0.4 is 14.8 Å². The highest BCUT2D eigenvalue weighted by Crippen LogP contribution is 2.38. The van der Waals surface area contributed by atoms with Gasteiger partial charge in [0.15, 0.2) is 11.5 Å². The van der Waals surface area contributed by atoms with Crippen molar-refractivity contribution >= 4 is 11.9 Å². The minimum absolute atomic E-state index is 0.161. The smallest absolute Gasteiger partial charge is 0.325 e. The molecule has 0 bridgehead atoms. The number of carbonyl (C=O) groups is 2. The third-order valence-electron chi connectivity index (χ3n) is 5.38. The van der Waals surface area contributed by atoms with Crippen molar-refractivity contribution in [2.45, 2.75) is 39.8 Å². The molecule has 27 heavy (non-hydrogen) atoms. The van der Waals surface area contributed by atoms with Gasteiger partial charge in [-0.15, -0.1) is 0 Å². The van der Waals surface area contributed by atoms with Crippen LogP contribution in [0.2, 0.25) is 0 Å². The molecule has 0 saturated carbocycles. The fraction of sp³-hybridized carbons (Fsp3) is 0.333. The number of carbonyl (C=O) groups excluding carboxylic acids is 2. The SMILES string of the molecule is Cc1cc(C)c(CN2C(=O)NC(C)(c3ccc4c(c3)OCO4)C2=O)c(C)c1. The van der Waals surface area contributed by atoms with Crippen molar-refractivity contribution in [3.8, 4) is 11.5 Å². The Morgan fingerprint density at radius 1 is 1.04 bits per heavy atom. The van der Waals surface area contributed by atoms with Crippen LogP contribution in [0.3, 0.4) is 0 Å². The number of rotatable bonds is 3. The maximum absolute atomic E-state index is 13.2. The molecule has 1 unspecified atom stereocenters. The summed E-state index contributed by atoms with van der Waals surface area (Å²) in [6, 6.07) is 9.05. The second kappa shape index (κ2) is 6.01. The van der Waals surface area contributed by atoms with Gasteiger partial charge in [0.05, 0.1) is 6.54 Å². The Morgan fingerprint density at radius 3 is 2.41 bits per heavy atom. The number of hydrogen-bond acceptors (Lipinski definition) is 4. The number of urea groups is 1. The molecule has 0 aromatic heterocycles. The van der Waals surface area contributed by atoms with Gasteiger partial charge in [-0.25, -0.2) is 4.79 Å². The Labute approximate surface area is 158 Å². The fourth-order valence-corrected chi connectivity index (χ4v) is 3.86. The van der Waals surface area contributed by atoms with Crippen molar-refractivity contribution in [1.29, 1.82) is 0 Å². The van der Waals surface area contributed by atoms with E-state index in [2.05, 4.69) is 17.4 Å². The van der Waals surface area contributed by atoms with Crippen LogP contribution in [-0.4, -0.2) is 23.6 Å². The lowest BCUT2D eigenvalue weighted by Gasteiger charge is -2.23. The van der Waals surface area contributed by atoms with Crippen molar-refractivity contribution in [1.82, 2.24) is 10.2 Å². The van der Waals surface area contributed by atoms with E-state index in [1.807, 2.05) is 20.8 Å². The standard InChI is InChI=1S/C21H22N2O4/c1-12-7-13(2)16(14(3)8-12)10-23-19(24)21(4,22-20(23)25)15-5-6-17-18(9-15)27-11-26-17/h5-9H,10-11H2,1-4H3,(H,22,25). The van der Waals surface area contributed by atoms with E-state index in [-0.39, 0.29) is 25.3 Å². The summed E-state index contributed by atoms with van der Waals surface area (Å²) >= 11 is 0. The monoisotopic (exact) mass is 366 g/mol. The molecule has 0 aliphatic carbocycles. The quantitative estimate of drug-likeness (QED) is 0.847. The fourth-order valence-electron chi connectivity index (χ4n) is 3.86. The van der Waals surface area contributed by atoms with Crippen LogP contribution in [0.4, 0.5) is 4.79 Å². The summed E-state index contributed by atoms with van der Waals surface area (Å²) in [5.41, 5.74) is 3.85. The zero-order valence-corrected chi connectivity index (χ0v) is 15.9. The first-order valence-corrected chi connectivity index (χ1v) is 8.90. The van der Waals surface area contributed by atoms with Gasteiger partial charge in [-0.2, -0.15) is 0 Å². The van der Waals surface area contributed by atoms with Crippen molar-refractivity contribution in [2.24, 2.45) is 0 Å². The molecule has 4 rings (SSSR count). The predicted octanol–water partition coefficient (Wildman–Crippen LogP) is 3.31. The highest BCUT2D eigenvalue weighted by molar-refractivity contribution is 6.07. The Morgan fingerprint density at radius 2 is 1.70 bits per heavy atom. The number of fused-ring (bicyclic) bond motifs is 1. The van der Waals surface area contributed by atoms with Gasteiger partial charge in [0, 0.05) is 0 Å². The third kappa shape index (κ3) is 2.72. The zero-order valence-electron chi connectivity index (χ0n) is 15.9. The second-order valence-electron chi connectivity index (χ2n) is 7.39. The number of nitrogens with zero attached hydrogens (tertiary/aromatic N) is 1. The number of imide groups is 1. The summed E-state index contributed by atoms with van der Waals surface area (Å²) in [4.78, 5) is 27.1. The molecule has 1 atom stereocenters. The van der Waals surface area contributed by atoms with Crippen LogP contribution in [0, 0.1) is 20.8 Å².